The van der Waals surface area contributed by atoms with E-state index in [0.717, 1.165) is 28.8 Å². The Kier molecular flexibility index (Phi) is 4.06. The van der Waals surface area contributed by atoms with E-state index in [9.17, 15) is 10.0 Å². The highest BCUT2D eigenvalue weighted by molar-refractivity contribution is 6.58. The van der Waals surface area contributed by atoms with Crippen LogP contribution in [0.5, 0.6) is 0 Å². The van der Waals surface area contributed by atoms with Gasteiger partial charge in [0.15, 0.2) is 0 Å². The van der Waals surface area contributed by atoms with Gasteiger partial charge in [-0.05, 0) is 23.0 Å². The Bertz CT molecular complexity index is 656. The molecule has 5 heteroatoms. The van der Waals surface area contributed by atoms with Crippen molar-refractivity contribution in [3.63, 3.8) is 0 Å². The first-order valence-electron chi connectivity index (χ1n) is 6.85. The second-order valence-corrected chi connectivity index (χ2v) is 4.99. The number of nitrogens with one attached hydrogen (secondary N) is 1. The fourth-order valence-electron chi connectivity index (χ4n) is 2.40. The van der Waals surface area contributed by atoms with Crippen LogP contribution in [0.4, 0.5) is 0 Å². The van der Waals surface area contributed by atoms with Gasteiger partial charge in [-0.25, -0.2) is 0 Å². The molecule has 0 atom stereocenters. The van der Waals surface area contributed by atoms with Crippen molar-refractivity contribution in [2.24, 2.45) is 0 Å². The van der Waals surface area contributed by atoms with Crippen LogP contribution in [-0.4, -0.2) is 17.2 Å². The summed E-state index contributed by atoms with van der Waals surface area (Å²) in [6.07, 6.45) is 2.79. The summed E-state index contributed by atoms with van der Waals surface area (Å²) in [7, 11) is -1.43. The predicted molar refractivity (Wildman–Crippen MR) is 82.3 cm³/mol. The van der Waals surface area contributed by atoms with Gasteiger partial charge in [0.25, 0.3) is 0 Å². The monoisotopic (exact) mass is 281 g/mol. The lowest BCUT2D eigenvalue weighted by Gasteiger charge is -2.10. The van der Waals surface area contributed by atoms with Crippen LogP contribution in [0, 0.1) is 0 Å². The van der Waals surface area contributed by atoms with Gasteiger partial charge in [0.05, 0.1) is 12.3 Å². The number of rotatable bonds is 5. The third-order valence-electron chi connectivity index (χ3n) is 3.51. The Balaban J connectivity index is 1.62. The molecule has 0 fully saturated rings. The zero-order valence-electron chi connectivity index (χ0n) is 11.5. The predicted octanol–water partition coefficient (Wildman–Crippen LogP) is 0.985. The molecule has 21 heavy (non-hydrogen) atoms. The molecule has 1 aliphatic carbocycles. The van der Waals surface area contributed by atoms with E-state index in [2.05, 4.69) is 5.48 Å². The molecular weight excluding hydrogens is 265 g/mol. The highest BCUT2D eigenvalue weighted by atomic mass is 16.6. The second-order valence-electron chi connectivity index (χ2n) is 4.99. The fourth-order valence-corrected chi connectivity index (χ4v) is 2.40. The molecule has 0 aromatic heterocycles. The third kappa shape index (κ3) is 3.16. The third-order valence-corrected chi connectivity index (χ3v) is 3.51. The summed E-state index contributed by atoms with van der Waals surface area (Å²) >= 11 is 0. The van der Waals surface area contributed by atoms with Gasteiger partial charge in [-0.1, -0.05) is 54.6 Å². The molecule has 3 rings (SSSR count). The van der Waals surface area contributed by atoms with E-state index in [1.807, 2.05) is 48.5 Å². The normalized spacial score (nSPS) is 12.8. The molecule has 0 radical (unpaired) electrons. The topological polar surface area (TPSA) is 61.7 Å². The summed E-state index contributed by atoms with van der Waals surface area (Å²) in [5.74, 6) is 0. The van der Waals surface area contributed by atoms with E-state index in [1.54, 1.807) is 6.07 Å². The Morgan fingerprint density at radius 1 is 1.10 bits per heavy atom. The van der Waals surface area contributed by atoms with Gasteiger partial charge >= 0.3 is 7.12 Å². The number of allylic oxidation sites excluding steroid dienone is 1. The van der Waals surface area contributed by atoms with Gasteiger partial charge in [-0.15, -0.1) is 0 Å². The fraction of sp³-hybridized carbons (Fsp3) is 0.125. The Morgan fingerprint density at radius 3 is 2.67 bits per heavy atom. The zero-order chi connectivity index (χ0) is 14.7. The highest BCUT2D eigenvalue weighted by Crippen LogP contribution is 2.24. The van der Waals surface area contributed by atoms with E-state index < -0.39 is 7.12 Å². The maximum Gasteiger partial charge on any atom is 0.488 e. The molecule has 0 unspecified atom stereocenters. The Hall–Kier alpha value is -2.08. The summed E-state index contributed by atoms with van der Waals surface area (Å²) in [4.78, 5) is 5.52. The first-order valence-corrected chi connectivity index (χ1v) is 6.85. The van der Waals surface area contributed by atoms with Crippen molar-refractivity contribution in [1.29, 1.82) is 0 Å². The SMILES string of the molecule is OB(O)c1ccc2c(c1)CC=C2NOCc1ccccc1. The van der Waals surface area contributed by atoms with E-state index >= 15 is 0 Å². The van der Waals surface area contributed by atoms with Crippen molar-refractivity contribution >= 4 is 18.3 Å². The summed E-state index contributed by atoms with van der Waals surface area (Å²) in [5.41, 5.74) is 7.59. The zero-order valence-corrected chi connectivity index (χ0v) is 11.5. The molecule has 0 heterocycles. The minimum absolute atomic E-state index is 0.487. The van der Waals surface area contributed by atoms with Crippen molar-refractivity contribution in [2.45, 2.75) is 13.0 Å². The number of hydrogen-bond acceptors (Lipinski definition) is 4. The quantitative estimate of drug-likeness (QED) is 0.565. The second kappa shape index (κ2) is 6.14. The summed E-state index contributed by atoms with van der Waals surface area (Å²) < 4.78 is 0. The summed E-state index contributed by atoms with van der Waals surface area (Å²) in [6, 6.07) is 15.3. The lowest BCUT2D eigenvalue weighted by molar-refractivity contribution is 0.0647. The number of hydroxylamine groups is 1. The standard InChI is InChI=1S/C16H16BNO3/c19-17(20)14-7-8-15-13(10-14)6-9-16(15)18-21-11-12-4-2-1-3-5-12/h1-5,7-10,18-20H,6,11H2. The van der Waals surface area contributed by atoms with Gasteiger partial charge in [-0.2, -0.15) is 0 Å². The van der Waals surface area contributed by atoms with Crippen LogP contribution >= 0.6 is 0 Å². The molecule has 0 aliphatic heterocycles. The average Bonchev–Trinajstić information content (AvgIpc) is 2.91. The number of hydrogen-bond donors (Lipinski definition) is 3. The summed E-state index contributed by atoms with van der Waals surface area (Å²) in [5, 5.41) is 18.4. The first kappa shape index (κ1) is 13.9. The van der Waals surface area contributed by atoms with E-state index in [-0.39, 0.29) is 0 Å². The first-order chi connectivity index (χ1) is 10.2. The van der Waals surface area contributed by atoms with Gasteiger partial charge < -0.3 is 10.0 Å². The largest absolute Gasteiger partial charge is 0.488 e. The van der Waals surface area contributed by atoms with Gasteiger partial charge in [0, 0.05) is 5.56 Å². The lowest BCUT2D eigenvalue weighted by Crippen LogP contribution is -2.30. The Morgan fingerprint density at radius 2 is 1.90 bits per heavy atom. The lowest BCUT2D eigenvalue weighted by atomic mass is 9.79. The molecule has 1 aliphatic rings. The summed E-state index contributed by atoms with van der Waals surface area (Å²) in [6.45, 7) is 0.487. The van der Waals surface area contributed by atoms with E-state index in [4.69, 9.17) is 4.84 Å². The number of fused-ring (bicyclic) bond motifs is 1. The average molecular weight is 281 g/mol. The van der Waals surface area contributed by atoms with Crippen molar-refractivity contribution in [3.8, 4) is 0 Å². The molecule has 0 amide bonds. The number of benzene rings is 2. The molecule has 0 saturated heterocycles. The van der Waals surface area contributed by atoms with Crippen LogP contribution in [0.3, 0.4) is 0 Å². The molecular formula is C16H16BNO3. The van der Waals surface area contributed by atoms with Gasteiger partial charge in [0.1, 0.15) is 0 Å². The molecule has 3 N–H and O–H groups in total. The molecule has 2 aromatic rings. The van der Waals surface area contributed by atoms with Crippen LogP contribution < -0.4 is 10.9 Å². The smallest absolute Gasteiger partial charge is 0.423 e. The van der Waals surface area contributed by atoms with Crippen molar-refractivity contribution in [3.05, 3.63) is 71.3 Å². The minimum Gasteiger partial charge on any atom is -0.423 e. The maximum absolute atomic E-state index is 9.19. The van der Waals surface area contributed by atoms with Gasteiger partial charge in [0.2, 0.25) is 0 Å². The molecule has 0 spiro atoms. The van der Waals surface area contributed by atoms with Crippen LogP contribution in [0.15, 0.2) is 54.6 Å². The van der Waals surface area contributed by atoms with Gasteiger partial charge in [-0.3, -0.25) is 10.3 Å². The van der Waals surface area contributed by atoms with Crippen molar-refractivity contribution in [1.82, 2.24) is 5.48 Å². The molecule has 0 bridgehead atoms. The van der Waals surface area contributed by atoms with Crippen LogP contribution in [-0.2, 0) is 17.9 Å². The van der Waals surface area contributed by atoms with E-state index in [1.165, 1.54) is 0 Å². The molecule has 0 saturated carbocycles. The molecule has 106 valence electrons. The molecule has 4 nitrogen and oxygen atoms in total. The van der Waals surface area contributed by atoms with Crippen molar-refractivity contribution in [2.75, 3.05) is 0 Å². The minimum atomic E-state index is -1.43. The van der Waals surface area contributed by atoms with Crippen LogP contribution in [0.1, 0.15) is 16.7 Å². The van der Waals surface area contributed by atoms with Crippen molar-refractivity contribution < 1.29 is 14.9 Å². The highest BCUT2D eigenvalue weighted by Gasteiger charge is 2.18. The maximum atomic E-state index is 9.19. The Labute approximate surface area is 123 Å². The molecule has 2 aromatic carbocycles. The van der Waals surface area contributed by atoms with Crippen LogP contribution in [0.2, 0.25) is 0 Å². The van der Waals surface area contributed by atoms with E-state index in [0.29, 0.717) is 12.1 Å². The van der Waals surface area contributed by atoms with Crippen LogP contribution in [0.25, 0.3) is 5.70 Å².